The Morgan fingerprint density at radius 1 is 1.29 bits per heavy atom. The minimum atomic E-state index is 0.402. The molecule has 0 radical (unpaired) electrons. The minimum Gasteiger partial charge on any atom is -0.326 e. The molecular formula is C12H26N2. The Labute approximate surface area is 88.8 Å². The van der Waals surface area contributed by atoms with Crippen LogP contribution in [0.15, 0.2) is 0 Å². The van der Waals surface area contributed by atoms with Crippen LogP contribution in [0.5, 0.6) is 0 Å². The third-order valence-corrected chi connectivity index (χ3v) is 3.96. The lowest BCUT2D eigenvalue weighted by molar-refractivity contribution is 0.175. The molecule has 1 aliphatic rings. The SMILES string of the molecule is CCC1CN(C(C)CC)C(CC)C1N. The Morgan fingerprint density at radius 2 is 1.93 bits per heavy atom. The summed E-state index contributed by atoms with van der Waals surface area (Å²) in [6, 6.07) is 1.72. The second kappa shape index (κ2) is 5.13. The first kappa shape index (κ1) is 12.0. The molecule has 2 heteroatoms. The van der Waals surface area contributed by atoms with E-state index in [-0.39, 0.29) is 0 Å². The fraction of sp³-hybridized carbons (Fsp3) is 1.00. The Hall–Kier alpha value is -0.0800. The van der Waals surface area contributed by atoms with Gasteiger partial charge in [-0.2, -0.15) is 0 Å². The number of rotatable bonds is 4. The molecule has 1 saturated heterocycles. The Balaban J connectivity index is 2.67. The zero-order chi connectivity index (χ0) is 10.7. The highest BCUT2D eigenvalue weighted by atomic mass is 15.2. The van der Waals surface area contributed by atoms with Crippen LogP contribution in [-0.4, -0.2) is 29.6 Å². The van der Waals surface area contributed by atoms with E-state index in [1.807, 2.05) is 0 Å². The molecular weight excluding hydrogens is 172 g/mol. The van der Waals surface area contributed by atoms with Crippen molar-refractivity contribution >= 4 is 0 Å². The Kier molecular flexibility index (Phi) is 4.39. The first-order valence-electron chi connectivity index (χ1n) is 6.16. The minimum absolute atomic E-state index is 0.402. The molecule has 0 aromatic rings. The second-order valence-corrected chi connectivity index (χ2v) is 4.68. The predicted octanol–water partition coefficient (Wildman–Crippen LogP) is 2.23. The van der Waals surface area contributed by atoms with Crippen molar-refractivity contribution < 1.29 is 0 Å². The molecule has 0 saturated carbocycles. The molecule has 14 heavy (non-hydrogen) atoms. The van der Waals surface area contributed by atoms with Crippen LogP contribution in [0.2, 0.25) is 0 Å². The van der Waals surface area contributed by atoms with E-state index in [0.717, 1.165) is 0 Å². The van der Waals surface area contributed by atoms with Gasteiger partial charge < -0.3 is 5.73 Å². The molecule has 2 nitrogen and oxygen atoms in total. The summed E-state index contributed by atoms with van der Waals surface area (Å²) in [6.45, 7) is 10.3. The Morgan fingerprint density at radius 3 is 2.36 bits per heavy atom. The van der Waals surface area contributed by atoms with Crippen molar-refractivity contribution in [1.82, 2.24) is 4.90 Å². The first-order chi connectivity index (χ1) is 6.65. The van der Waals surface area contributed by atoms with Gasteiger partial charge in [0.2, 0.25) is 0 Å². The lowest BCUT2D eigenvalue weighted by Crippen LogP contribution is -2.43. The van der Waals surface area contributed by atoms with Gasteiger partial charge in [-0.25, -0.2) is 0 Å². The standard InChI is InChI=1S/C12H26N2/c1-5-9(4)14-8-10(6-2)12(13)11(14)7-3/h9-12H,5-8,13H2,1-4H3. The molecule has 0 amide bonds. The molecule has 2 N–H and O–H groups in total. The van der Waals surface area contributed by atoms with Gasteiger partial charge in [-0.15, -0.1) is 0 Å². The van der Waals surface area contributed by atoms with Gasteiger partial charge >= 0.3 is 0 Å². The van der Waals surface area contributed by atoms with Gasteiger partial charge in [0.1, 0.15) is 0 Å². The fourth-order valence-electron chi connectivity index (χ4n) is 2.71. The van der Waals surface area contributed by atoms with E-state index in [1.165, 1.54) is 25.8 Å². The van der Waals surface area contributed by atoms with Gasteiger partial charge in [-0.3, -0.25) is 4.90 Å². The van der Waals surface area contributed by atoms with E-state index >= 15 is 0 Å². The van der Waals surface area contributed by atoms with Crippen LogP contribution in [0.4, 0.5) is 0 Å². The molecule has 1 rings (SSSR count). The zero-order valence-corrected chi connectivity index (χ0v) is 10.2. The third-order valence-electron chi connectivity index (χ3n) is 3.96. The number of nitrogens with two attached hydrogens (primary N) is 1. The van der Waals surface area contributed by atoms with E-state index in [0.29, 0.717) is 24.0 Å². The van der Waals surface area contributed by atoms with Crippen molar-refractivity contribution in [3.05, 3.63) is 0 Å². The van der Waals surface area contributed by atoms with Crippen molar-refractivity contribution in [3.8, 4) is 0 Å². The van der Waals surface area contributed by atoms with Crippen LogP contribution in [0, 0.1) is 5.92 Å². The highest BCUT2D eigenvalue weighted by molar-refractivity contribution is 4.96. The summed E-state index contributed by atoms with van der Waals surface area (Å²) in [5.74, 6) is 0.717. The first-order valence-corrected chi connectivity index (χ1v) is 6.16. The van der Waals surface area contributed by atoms with Crippen molar-refractivity contribution in [2.45, 2.75) is 65.1 Å². The maximum atomic E-state index is 6.29. The van der Waals surface area contributed by atoms with Crippen LogP contribution in [-0.2, 0) is 0 Å². The number of hydrogen-bond donors (Lipinski definition) is 1. The van der Waals surface area contributed by atoms with Crippen LogP contribution >= 0.6 is 0 Å². The number of hydrogen-bond acceptors (Lipinski definition) is 2. The van der Waals surface area contributed by atoms with Crippen LogP contribution in [0.1, 0.15) is 47.0 Å². The molecule has 0 aliphatic carbocycles. The highest BCUT2D eigenvalue weighted by Gasteiger charge is 2.38. The summed E-state index contributed by atoms with van der Waals surface area (Å²) in [4.78, 5) is 2.62. The molecule has 0 bridgehead atoms. The number of likely N-dealkylation sites (tertiary alicyclic amines) is 1. The molecule has 1 heterocycles. The van der Waals surface area contributed by atoms with Crippen LogP contribution in [0.3, 0.4) is 0 Å². The molecule has 1 fully saturated rings. The summed E-state index contributed by atoms with van der Waals surface area (Å²) < 4.78 is 0. The summed E-state index contributed by atoms with van der Waals surface area (Å²) in [6.07, 6.45) is 3.66. The van der Waals surface area contributed by atoms with Crippen molar-refractivity contribution in [3.63, 3.8) is 0 Å². The smallest absolute Gasteiger partial charge is 0.0250 e. The fourth-order valence-corrected chi connectivity index (χ4v) is 2.71. The van der Waals surface area contributed by atoms with Crippen molar-refractivity contribution in [2.75, 3.05) is 6.54 Å². The van der Waals surface area contributed by atoms with Crippen molar-refractivity contribution in [2.24, 2.45) is 11.7 Å². The maximum absolute atomic E-state index is 6.29. The molecule has 4 unspecified atom stereocenters. The summed E-state index contributed by atoms with van der Waals surface area (Å²) >= 11 is 0. The Bertz CT molecular complexity index is 170. The third kappa shape index (κ3) is 2.12. The van der Waals surface area contributed by atoms with Gasteiger partial charge in [-0.1, -0.05) is 27.2 Å². The summed E-state index contributed by atoms with van der Waals surface area (Å²) in [5, 5.41) is 0. The van der Waals surface area contributed by atoms with E-state index in [2.05, 4.69) is 32.6 Å². The molecule has 0 aromatic heterocycles. The van der Waals surface area contributed by atoms with Gasteiger partial charge in [0.15, 0.2) is 0 Å². The van der Waals surface area contributed by atoms with Gasteiger partial charge in [0, 0.05) is 24.7 Å². The topological polar surface area (TPSA) is 29.3 Å². The molecule has 0 spiro atoms. The lowest BCUT2D eigenvalue weighted by Gasteiger charge is -2.30. The monoisotopic (exact) mass is 198 g/mol. The van der Waals surface area contributed by atoms with Gasteiger partial charge in [0.25, 0.3) is 0 Å². The van der Waals surface area contributed by atoms with Crippen LogP contribution < -0.4 is 5.73 Å². The summed E-state index contributed by atoms with van der Waals surface area (Å²) in [7, 11) is 0. The normalized spacial score (nSPS) is 36.2. The predicted molar refractivity (Wildman–Crippen MR) is 62.3 cm³/mol. The largest absolute Gasteiger partial charge is 0.326 e. The lowest BCUT2D eigenvalue weighted by atomic mass is 9.96. The highest BCUT2D eigenvalue weighted by Crippen LogP contribution is 2.29. The van der Waals surface area contributed by atoms with E-state index < -0.39 is 0 Å². The summed E-state index contributed by atoms with van der Waals surface area (Å²) in [5.41, 5.74) is 6.29. The maximum Gasteiger partial charge on any atom is 0.0250 e. The van der Waals surface area contributed by atoms with Gasteiger partial charge in [0.05, 0.1) is 0 Å². The molecule has 4 atom stereocenters. The molecule has 84 valence electrons. The second-order valence-electron chi connectivity index (χ2n) is 4.68. The van der Waals surface area contributed by atoms with Crippen molar-refractivity contribution in [1.29, 1.82) is 0 Å². The van der Waals surface area contributed by atoms with E-state index in [9.17, 15) is 0 Å². The zero-order valence-electron chi connectivity index (χ0n) is 10.2. The van der Waals surface area contributed by atoms with E-state index in [1.54, 1.807) is 0 Å². The average Bonchev–Trinajstić information content (AvgIpc) is 2.53. The average molecular weight is 198 g/mol. The van der Waals surface area contributed by atoms with Crippen LogP contribution in [0.25, 0.3) is 0 Å². The number of nitrogens with zero attached hydrogens (tertiary/aromatic N) is 1. The molecule has 0 aromatic carbocycles. The molecule has 1 aliphatic heterocycles. The van der Waals surface area contributed by atoms with Gasteiger partial charge in [-0.05, 0) is 25.7 Å². The van der Waals surface area contributed by atoms with E-state index in [4.69, 9.17) is 5.73 Å². The quantitative estimate of drug-likeness (QED) is 0.750.